The van der Waals surface area contributed by atoms with Gasteiger partial charge in [-0.05, 0) is 13.3 Å². The van der Waals surface area contributed by atoms with E-state index < -0.39 is 23.7 Å². The number of urea groups is 1. The van der Waals surface area contributed by atoms with Gasteiger partial charge in [-0.25, -0.2) is 9.59 Å². The standard InChI is InChI=1S/C11H17F3N2O4/c1-3-7-6-16(4-5-20-7)9(19)15-10(2,8(17)18)11(12,13)14/h7H,3-6H2,1-2H3,(H,15,19)(H,17,18). The van der Waals surface area contributed by atoms with Gasteiger partial charge in [0.05, 0.1) is 12.7 Å². The Morgan fingerprint density at radius 2 is 2.05 bits per heavy atom. The summed E-state index contributed by atoms with van der Waals surface area (Å²) in [5.74, 6) is -2.15. The third kappa shape index (κ3) is 3.33. The topological polar surface area (TPSA) is 78.9 Å². The molecular weight excluding hydrogens is 281 g/mol. The molecule has 1 rings (SSSR count). The summed E-state index contributed by atoms with van der Waals surface area (Å²) in [7, 11) is 0. The van der Waals surface area contributed by atoms with Gasteiger partial charge >= 0.3 is 18.2 Å². The molecule has 1 fully saturated rings. The summed E-state index contributed by atoms with van der Waals surface area (Å²) in [6, 6.07) is -1.06. The van der Waals surface area contributed by atoms with Crippen molar-refractivity contribution in [3.8, 4) is 0 Å². The normalized spacial score (nSPS) is 23.1. The van der Waals surface area contributed by atoms with Crippen LogP contribution in [0.2, 0.25) is 0 Å². The molecule has 0 radical (unpaired) electrons. The fourth-order valence-electron chi connectivity index (χ4n) is 1.69. The molecular formula is C11H17F3N2O4. The highest BCUT2D eigenvalue weighted by Crippen LogP contribution is 2.30. The fourth-order valence-corrected chi connectivity index (χ4v) is 1.69. The minimum atomic E-state index is -5.09. The molecule has 6 nitrogen and oxygen atoms in total. The molecule has 2 unspecified atom stereocenters. The second kappa shape index (κ2) is 5.86. The first-order valence-corrected chi connectivity index (χ1v) is 6.10. The van der Waals surface area contributed by atoms with Crippen LogP contribution in [-0.4, -0.2) is 59.5 Å². The third-order valence-corrected chi connectivity index (χ3v) is 3.23. The van der Waals surface area contributed by atoms with Crippen molar-refractivity contribution in [1.29, 1.82) is 0 Å². The molecule has 2 amide bonds. The predicted octanol–water partition coefficient (Wildman–Crippen LogP) is 1.21. The highest BCUT2D eigenvalue weighted by atomic mass is 19.4. The maximum absolute atomic E-state index is 12.8. The van der Waals surface area contributed by atoms with Gasteiger partial charge in [0.15, 0.2) is 0 Å². The van der Waals surface area contributed by atoms with Crippen molar-refractivity contribution in [2.45, 2.75) is 38.1 Å². The minimum absolute atomic E-state index is 0.121. The number of carbonyl (C=O) groups excluding carboxylic acids is 1. The first kappa shape index (κ1) is 16.5. The SMILES string of the molecule is CCC1CN(C(=O)NC(C)(C(=O)O)C(F)(F)F)CCO1. The summed E-state index contributed by atoms with van der Waals surface area (Å²) in [5.41, 5.74) is -3.32. The van der Waals surface area contributed by atoms with Gasteiger partial charge in [-0.3, -0.25) is 0 Å². The van der Waals surface area contributed by atoms with Gasteiger partial charge in [0.25, 0.3) is 0 Å². The van der Waals surface area contributed by atoms with E-state index in [-0.39, 0.29) is 25.8 Å². The third-order valence-electron chi connectivity index (χ3n) is 3.23. The molecule has 0 aromatic heterocycles. The molecule has 2 N–H and O–H groups in total. The van der Waals surface area contributed by atoms with Gasteiger partial charge in [-0.15, -0.1) is 0 Å². The monoisotopic (exact) mass is 298 g/mol. The molecule has 0 aromatic rings. The van der Waals surface area contributed by atoms with Gasteiger partial charge in [0.2, 0.25) is 5.54 Å². The van der Waals surface area contributed by atoms with Crippen LogP contribution in [0.25, 0.3) is 0 Å². The second-order valence-corrected chi connectivity index (χ2v) is 4.71. The van der Waals surface area contributed by atoms with Crippen molar-refractivity contribution >= 4 is 12.0 Å². The van der Waals surface area contributed by atoms with Crippen LogP contribution < -0.4 is 5.32 Å². The van der Waals surface area contributed by atoms with E-state index in [1.165, 1.54) is 0 Å². The predicted molar refractivity (Wildman–Crippen MR) is 62.2 cm³/mol. The summed E-state index contributed by atoms with van der Waals surface area (Å²) in [4.78, 5) is 23.8. The Kier molecular flexibility index (Phi) is 4.85. The van der Waals surface area contributed by atoms with Crippen LogP contribution in [0.5, 0.6) is 0 Å². The number of nitrogens with zero attached hydrogens (tertiary/aromatic N) is 1. The van der Waals surface area contributed by atoms with Crippen molar-refractivity contribution in [2.75, 3.05) is 19.7 Å². The molecule has 0 aromatic carbocycles. The Labute approximate surface area is 113 Å². The number of alkyl halides is 3. The van der Waals surface area contributed by atoms with Gasteiger partial charge < -0.3 is 20.1 Å². The van der Waals surface area contributed by atoms with Gasteiger partial charge in [-0.1, -0.05) is 6.92 Å². The quantitative estimate of drug-likeness (QED) is 0.821. The maximum Gasteiger partial charge on any atom is 0.422 e. The second-order valence-electron chi connectivity index (χ2n) is 4.71. The molecule has 1 aliphatic heterocycles. The Balaban J connectivity index is 2.79. The zero-order valence-electron chi connectivity index (χ0n) is 11.2. The van der Waals surface area contributed by atoms with E-state index in [0.717, 1.165) is 4.90 Å². The number of ether oxygens (including phenoxy) is 1. The van der Waals surface area contributed by atoms with E-state index in [0.29, 0.717) is 13.3 Å². The van der Waals surface area contributed by atoms with Crippen molar-refractivity contribution in [2.24, 2.45) is 0 Å². The fraction of sp³-hybridized carbons (Fsp3) is 0.818. The van der Waals surface area contributed by atoms with Crippen molar-refractivity contribution in [1.82, 2.24) is 10.2 Å². The number of hydrogen-bond acceptors (Lipinski definition) is 3. The highest BCUT2D eigenvalue weighted by Gasteiger charge is 2.59. The number of carbonyl (C=O) groups is 2. The van der Waals surface area contributed by atoms with Gasteiger partial charge in [0, 0.05) is 13.1 Å². The molecule has 9 heteroatoms. The number of halogens is 3. The number of hydrogen-bond donors (Lipinski definition) is 2. The maximum atomic E-state index is 12.8. The van der Waals surface area contributed by atoms with Crippen LogP contribution in [0.15, 0.2) is 0 Å². The molecule has 1 saturated heterocycles. The van der Waals surface area contributed by atoms with E-state index in [1.807, 2.05) is 6.92 Å². The number of morpholine rings is 1. The molecule has 116 valence electrons. The molecule has 1 aliphatic rings. The summed E-state index contributed by atoms with van der Waals surface area (Å²) in [6.45, 7) is 2.71. The lowest BCUT2D eigenvalue weighted by Crippen LogP contribution is -2.65. The Morgan fingerprint density at radius 1 is 1.45 bits per heavy atom. The van der Waals surface area contributed by atoms with Crippen molar-refractivity contribution < 1.29 is 32.6 Å². The lowest BCUT2D eigenvalue weighted by molar-refractivity contribution is -0.203. The molecule has 1 heterocycles. The molecule has 0 bridgehead atoms. The van der Waals surface area contributed by atoms with Crippen molar-refractivity contribution in [3.63, 3.8) is 0 Å². The zero-order valence-corrected chi connectivity index (χ0v) is 11.2. The van der Waals surface area contributed by atoms with Crippen molar-refractivity contribution in [3.05, 3.63) is 0 Å². The number of carboxylic acid groups (broad SMARTS) is 1. The Hall–Kier alpha value is -1.51. The largest absolute Gasteiger partial charge is 0.479 e. The molecule has 0 aliphatic carbocycles. The van der Waals surface area contributed by atoms with Gasteiger partial charge in [-0.2, -0.15) is 13.2 Å². The molecule has 0 saturated carbocycles. The van der Waals surface area contributed by atoms with Crippen LogP contribution >= 0.6 is 0 Å². The summed E-state index contributed by atoms with van der Waals surface area (Å²) >= 11 is 0. The average Bonchev–Trinajstić information content (AvgIpc) is 2.37. The first-order chi connectivity index (χ1) is 9.11. The van der Waals surface area contributed by atoms with Crippen LogP contribution in [0.1, 0.15) is 20.3 Å². The summed E-state index contributed by atoms with van der Waals surface area (Å²) in [5, 5.41) is 10.3. The Bertz CT molecular complexity index is 388. The number of aliphatic carboxylic acids is 1. The van der Waals surface area contributed by atoms with E-state index in [9.17, 15) is 22.8 Å². The van der Waals surface area contributed by atoms with Crippen LogP contribution in [0.4, 0.5) is 18.0 Å². The summed E-state index contributed by atoms with van der Waals surface area (Å²) in [6.07, 6.45) is -4.74. The zero-order chi connectivity index (χ0) is 15.6. The number of carboxylic acids is 1. The number of amides is 2. The van der Waals surface area contributed by atoms with E-state index in [4.69, 9.17) is 9.84 Å². The van der Waals surface area contributed by atoms with Crippen LogP contribution in [-0.2, 0) is 9.53 Å². The first-order valence-electron chi connectivity index (χ1n) is 6.10. The van der Waals surface area contributed by atoms with E-state index in [1.54, 1.807) is 5.32 Å². The van der Waals surface area contributed by atoms with Crippen LogP contribution in [0, 0.1) is 0 Å². The Morgan fingerprint density at radius 3 is 2.50 bits per heavy atom. The van der Waals surface area contributed by atoms with Crippen LogP contribution in [0.3, 0.4) is 0 Å². The highest BCUT2D eigenvalue weighted by molar-refractivity contribution is 5.86. The minimum Gasteiger partial charge on any atom is -0.479 e. The van der Waals surface area contributed by atoms with E-state index in [2.05, 4.69) is 0 Å². The smallest absolute Gasteiger partial charge is 0.422 e. The number of nitrogens with one attached hydrogen (secondary N) is 1. The summed E-state index contributed by atoms with van der Waals surface area (Å²) < 4.78 is 43.7. The molecule has 20 heavy (non-hydrogen) atoms. The van der Waals surface area contributed by atoms with Gasteiger partial charge in [0.1, 0.15) is 0 Å². The lowest BCUT2D eigenvalue weighted by atomic mass is 10.0. The van der Waals surface area contributed by atoms with E-state index >= 15 is 0 Å². The average molecular weight is 298 g/mol. The lowest BCUT2D eigenvalue weighted by Gasteiger charge is -2.36. The molecule has 2 atom stereocenters. The number of rotatable bonds is 3. The molecule has 0 spiro atoms.